The molecule has 0 bridgehead atoms. The van der Waals surface area contributed by atoms with Crippen molar-refractivity contribution in [1.29, 1.82) is 0 Å². The van der Waals surface area contributed by atoms with Gasteiger partial charge in [-0.05, 0) is 31.6 Å². The van der Waals surface area contributed by atoms with Crippen molar-refractivity contribution in [1.82, 2.24) is 0 Å². The number of carbonyl (C=O) groups is 1. The molecule has 1 atom stereocenters. The van der Waals surface area contributed by atoms with Gasteiger partial charge in [-0.1, -0.05) is 31.4 Å². The molecule has 1 unspecified atom stereocenters. The number of aliphatic carboxylic acids is 1. The molecule has 0 radical (unpaired) electrons. The molecule has 0 saturated carbocycles. The fourth-order valence-electron chi connectivity index (χ4n) is 1.97. The molecule has 0 amide bonds. The van der Waals surface area contributed by atoms with E-state index in [0.717, 1.165) is 18.8 Å². The minimum atomic E-state index is -0.663. The van der Waals surface area contributed by atoms with Gasteiger partial charge in [0, 0.05) is 6.42 Å². The van der Waals surface area contributed by atoms with Gasteiger partial charge < -0.3 is 5.11 Å². The Morgan fingerprint density at radius 1 is 1.29 bits per heavy atom. The number of hydrogen-bond acceptors (Lipinski definition) is 1. The number of unbranched alkanes of at least 4 members (excludes halogenated alkanes) is 3. The molecule has 1 rings (SSSR count). The van der Waals surface area contributed by atoms with Crippen LogP contribution >= 0.6 is 0 Å². The third-order valence-corrected chi connectivity index (χ3v) is 2.83. The highest BCUT2D eigenvalue weighted by molar-refractivity contribution is 5.66. The van der Waals surface area contributed by atoms with Gasteiger partial charge >= 0.3 is 5.97 Å². The second kappa shape index (κ2) is 6.63. The van der Waals surface area contributed by atoms with Gasteiger partial charge in [0.05, 0.1) is 0 Å². The van der Waals surface area contributed by atoms with Gasteiger partial charge in [-0.25, -0.2) is 0 Å². The van der Waals surface area contributed by atoms with Gasteiger partial charge in [0.1, 0.15) is 0 Å². The molecule has 14 heavy (non-hydrogen) atoms. The molecular formula is C12H20O2. The van der Waals surface area contributed by atoms with Crippen LogP contribution in [0.25, 0.3) is 0 Å². The van der Waals surface area contributed by atoms with Gasteiger partial charge in [0.15, 0.2) is 0 Å². The fourth-order valence-corrected chi connectivity index (χ4v) is 1.97. The number of carboxylic acids is 1. The lowest BCUT2D eigenvalue weighted by molar-refractivity contribution is -0.137. The topological polar surface area (TPSA) is 37.3 Å². The van der Waals surface area contributed by atoms with Gasteiger partial charge in [0.25, 0.3) is 0 Å². The summed E-state index contributed by atoms with van der Waals surface area (Å²) in [5.74, 6) is 0.151. The van der Waals surface area contributed by atoms with E-state index in [4.69, 9.17) is 5.11 Å². The molecule has 1 aliphatic carbocycles. The Kier molecular flexibility index (Phi) is 5.35. The zero-order chi connectivity index (χ0) is 10.2. The van der Waals surface area contributed by atoms with Crippen LogP contribution in [0.1, 0.15) is 51.4 Å². The molecule has 2 nitrogen and oxygen atoms in total. The molecule has 0 spiro atoms. The van der Waals surface area contributed by atoms with Crippen molar-refractivity contribution in [2.24, 2.45) is 5.92 Å². The molecule has 1 aliphatic rings. The third kappa shape index (κ3) is 5.05. The lowest BCUT2D eigenvalue weighted by atomic mass is 10.0. The summed E-state index contributed by atoms with van der Waals surface area (Å²) in [7, 11) is 0. The van der Waals surface area contributed by atoms with Crippen LogP contribution in [-0.2, 0) is 4.79 Å². The molecule has 1 N–H and O–H groups in total. The van der Waals surface area contributed by atoms with Crippen molar-refractivity contribution in [3.8, 4) is 0 Å². The van der Waals surface area contributed by atoms with E-state index in [1.165, 1.54) is 32.1 Å². The first kappa shape index (κ1) is 11.3. The molecule has 0 aromatic heterocycles. The molecule has 0 saturated heterocycles. The van der Waals surface area contributed by atoms with Crippen LogP contribution in [0.3, 0.4) is 0 Å². The van der Waals surface area contributed by atoms with Gasteiger partial charge in [0.2, 0.25) is 0 Å². The van der Waals surface area contributed by atoms with E-state index in [1.54, 1.807) is 0 Å². The Labute approximate surface area is 86.0 Å². The third-order valence-electron chi connectivity index (χ3n) is 2.83. The number of hydrogen-bond donors (Lipinski definition) is 1. The van der Waals surface area contributed by atoms with Crippen LogP contribution in [0.2, 0.25) is 0 Å². The summed E-state index contributed by atoms with van der Waals surface area (Å²) in [5, 5.41) is 8.43. The summed E-state index contributed by atoms with van der Waals surface area (Å²) < 4.78 is 0. The maximum absolute atomic E-state index is 10.2. The Bertz CT molecular complexity index is 196. The van der Waals surface area contributed by atoms with E-state index >= 15 is 0 Å². The van der Waals surface area contributed by atoms with Crippen molar-refractivity contribution in [2.75, 3.05) is 0 Å². The van der Waals surface area contributed by atoms with Gasteiger partial charge in [-0.15, -0.1) is 0 Å². The smallest absolute Gasteiger partial charge is 0.303 e. The SMILES string of the molecule is O=C(O)CCCCCCC1C=CCC1. The minimum absolute atomic E-state index is 0.337. The highest BCUT2D eigenvalue weighted by Crippen LogP contribution is 2.22. The average molecular weight is 196 g/mol. The van der Waals surface area contributed by atoms with E-state index in [0.29, 0.717) is 6.42 Å². The summed E-state index contributed by atoms with van der Waals surface area (Å²) in [6.45, 7) is 0. The van der Waals surface area contributed by atoms with E-state index in [2.05, 4.69) is 12.2 Å². The fraction of sp³-hybridized carbons (Fsp3) is 0.750. The van der Waals surface area contributed by atoms with E-state index in [1.807, 2.05) is 0 Å². The van der Waals surface area contributed by atoms with Gasteiger partial charge in [-0.2, -0.15) is 0 Å². The number of rotatable bonds is 7. The van der Waals surface area contributed by atoms with Crippen LogP contribution in [0.15, 0.2) is 12.2 Å². The van der Waals surface area contributed by atoms with Crippen molar-refractivity contribution in [2.45, 2.75) is 51.4 Å². The maximum Gasteiger partial charge on any atom is 0.303 e. The average Bonchev–Trinajstić information content (AvgIpc) is 2.63. The zero-order valence-electron chi connectivity index (χ0n) is 8.74. The van der Waals surface area contributed by atoms with E-state index < -0.39 is 5.97 Å². The molecule has 0 fully saturated rings. The lowest BCUT2D eigenvalue weighted by Crippen LogP contribution is -1.94. The second-order valence-electron chi connectivity index (χ2n) is 4.11. The van der Waals surface area contributed by atoms with Crippen molar-refractivity contribution in [3.05, 3.63) is 12.2 Å². The van der Waals surface area contributed by atoms with Crippen LogP contribution in [0.4, 0.5) is 0 Å². The Morgan fingerprint density at radius 3 is 2.71 bits per heavy atom. The number of allylic oxidation sites excluding steroid dienone is 2. The standard InChI is InChI=1S/C12H20O2/c13-12(14)10-4-2-1-3-7-11-8-5-6-9-11/h5,8,11H,1-4,6-7,9-10H2,(H,13,14). The highest BCUT2D eigenvalue weighted by atomic mass is 16.4. The van der Waals surface area contributed by atoms with Crippen molar-refractivity contribution >= 4 is 5.97 Å². The minimum Gasteiger partial charge on any atom is -0.481 e. The summed E-state index contributed by atoms with van der Waals surface area (Å²) >= 11 is 0. The molecule has 80 valence electrons. The Hall–Kier alpha value is -0.790. The quantitative estimate of drug-likeness (QED) is 0.500. The Morgan fingerprint density at radius 2 is 2.07 bits per heavy atom. The van der Waals surface area contributed by atoms with Crippen LogP contribution in [0, 0.1) is 5.92 Å². The van der Waals surface area contributed by atoms with Gasteiger partial charge in [-0.3, -0.25) is 4.79 Å². The molecule has 0 aromatic carbocycles. The summed E-state index contributed by atoms with van der Waals surface area (Å²) in [5.41, 5.74) is 0. The largest absolute Gasteiger partial charge is 0.481 e. The van der Waals surface area contributed by atoms with Crippen molar-refractivity contribution in [3.63, 3.8) is 0 Å². The van der Waals surface area contributed by atoms with Crippen LogP contribution in [0.5, 0.6) is 0 Å². The number of carboxylic acid groups (broad SMARTS) is 1. The molecule has 0 heterocycles. The molecular weight excluding hydrogens is 176 g/mol. The van der Waals surface area contributed by atoms with Crippen LogP contribution < -0.4 is 0 Å². The Balaban J connectivity index is 1.84. The summed E-state index contributed by atoms with van der Waals surface area (Å²) in [6.07, 6.45) is 13.2. The highest BCUT2D eigenvalue weighted by Gasteiger charge is 2.07. The van der Waals surface area contributed by atoms with E-state index in [9.17, 15) is 4.79 Å². The van der Waals surface area contributed by atoms with E-state index in [-0.39, 0.29) is 0 Å². The predicted octanol–water partition coefficient (Wildman–Crippen LogP) is 3.38. The molecule has 2 heteroatoms. The van der Waals surface area contributed by atoms with Crippen molar-refractivity contribution < 1.29 is 9.90 Å². The molecule has 0 aliphatic heterocycles. The molecule has 0 aromatic rings. The zero-order valence-corrected chi connectivity index (χ0v) is 8.74. The first-order chi connectivity index (χ1) is 6.79. The first-order valence-corrected chi connectivity index (χ1v) is 5.67. The monoisotopic (exact) mass is 196 g/mol. The lowest BCUT2D eigenvalue weighted by Gasteiger charge is -2.06. The summed E-state index contributed by atoms with van der Waals surface area (Å²) in [4.78, 5) is 10.2. The second-order valence-corrected chi connectivity index (χ2v) is 4.11. The maximum atomic E-state index is 10.2. The predicted molar refractivity (Wildman–Crippen MR) is 57.2 cm³/mol. The normalized spacial score (nSPS) is 20.1. The first-order valence-electron chi connectivity index (χ1n) is 5.67. The van der Waals surface area contributed by atoms with Crippen LogP contribution in [-0.4, -0.2) is 11.1 Å². The summed E-state index contributed by atoms with van der Waals surface area (Å²) in [6, 6.07) is 0.